The summed E-state index contributed by atoms with van der Waals surface area (Å²) in [6.07, 6.45) is 0.647. The van der Waals surface area contributed by atoms with E-state index in [9.17, 15) is 14.4 Å². The van der Waals surface area contributed by atoms with Crippen molar-refractivity contribution in [3.63, 3.8) is 0 Å². The summed E-state index contributed by atoms with van der Waals surface area (Å²) >= 11 is 0. The summed E-state index contributed by atoms with van der Waals surface area (Å²) in [4.78, 5) is 41.8. The summed E-state index contributed by atoms with van der Waals surface area (Å²) in [6, 6.07) is 13.0. The van der Waals surface area contributed by atoms with Gasteiger partial charge in [-0.2, -0.15) is 0 Å². The van der Waals surface area contributed by atoms with Crippen LogP contribution in [0.25, 0.3) is 0 Å². The number of anilines is 2. The van der Waals surface area contributed by atoms with Gasteiger partial charge in [0.05, 0.1) is 19.2 Å². The van der Waals surface area contributed by atoms with Crippen LogP contribution in [0.2, 0.25) is 0 Å². The molecule has 0 bridgehead atoms. The Hall–Kier alpha value is -3.35. The van der Waals surface area contributed by atoms with Crippen LogP contribution in [0.4, 0.5) is 16.2 Å². The van der Waals surface area contributed by atoms with Gasteiger partial charge < -0.3 is 15.0 Å². The van der Waals surface area contributed by atoms with Gasteiger partial charge in [0.1, 0.15) is 11.8 Å². The normalized spacial score (nSPS) is 16.2. The average molecular weight is 424 g/mol. The van der Waals surface area contributed by atoms with E-state index in [1.54, 1.807) is 43.5 Å². The van der Waals surface area contributed by atoms with Crippen LogP contribution in [-0.4, -0.2) is 42.4 Å². The Morgan fingerprint density at radius 2 is 1.84 bits per heavy atom. The second kappa shape index (κ2) is 9.64. The van der Waals surface area contributed by atoms with Crippen LogP contribution in [0.3, 0.4) is 0 Å². The molecule has 7 nitrogen and oxygen atoms in total. The highest BCUT2D eigenvalue weighted by Gasteiger charge is 2.46. The van der Waals surface area contributed by atoms with Gasteiger partial charge in [0.15, 0.2) is 0 Å². The molecule has 1 heterocycles. The van der Waals surface area contributed by atoms with Crippen LogP contribution in [0.15, 0.2) is 48.5 Å². The van der Waals surface area contributed by atoms with Crippen molar-refractivity contribution < 1.29 is 19.1 Å². The number of methoxy groups -OCH3 is 1. The first-order valence-electron chi connectivity index (χ1n) is 10.4. The number of hydrogen-bond donors (Lipinski definition) is 1. The second-order valence-electron chi connectivity index (χ2n) is 8.17. The number of nitrogens with zero attached hydrogens (tertiary/aromatic N) is 2. The van der Waals surface area contributed by atoms with E-state index >= 15 is 0 Å². The lowest BCUT2D eigenvalue weighted by Crippen LogP contribution is -2.39. The first kappa shape index (κ1) is 22.3. The molecule has 0 unspecified atom stereocenters. The molecule has 31 heavy (non-hydrogen) atoms. The van der Waals surface area contributed by atoms with Crippen molar-refractivity contribution in [3.05, 3.63) is 54.1 Å². The molecule has 2 aromatic carbocycles. The van der Waals surface area contributed by atoms with E-state index in [0.717, 1.165) is 12.0 Å². The highest BCUT2D eigenvalue weighted by Crippen LogP contribution is 2.28. The maximum Gasteiger partial charge on any atom is 0.332 e. The van der Waals surface area contributed by atoms with Crippen molar-refractivity contribution in [1.82, 2.24) is 4.90 Å². The number of ether oxygens (including phenoxy) is 1. The molecule has 1 saturated heterocycles. The molecule has 0 aromatic heterocycles. The van der Waals surface area contributed by atoms with Gasteiger partial charge in [0.2, 0.25) is 5.91 Å². The minimum atomic E-state index is -0.829. The standard InChI is InChI=1S/C24H29N3O4/c1-16(2)12-13-26-21(15-22(28)25-18-8-10-20(31-4)11-9-18)23(29)27(24(26)30)19-7-5-6-17(3)14-19/h5-11,14,16,21H,12-13,15H2,1-4H3,(H,25,28)/t21-/m0/s1. The zero-order valence-electron chi connectivity index (χ0n) is 18.4. The van der Waals surface area contributed by atoms with E-state index in [0.29, 0.717) is 29.6 Å². The first-order valence-corrected chi connectivity index (χ1v) is 10.4. The van der Waals surface area contributed by atoms with Crippen LogP contribution in [0.5, 0.6) is 5.75 Å². The summed E-state index contributed by atoms with van der Waals surface area (Å²) < 4.78 is 5.12. The van der Waals surface area contributed by atoms with E-state index in [4.69, 9.17) is 4.74 Å². The molecular weight excluding hydrogens is 394 g/mol. The molecule has 0 spiro atoms. The van der Waals surface area contributed by atoms with Crippen LogP contribution in [0, 0.1) is 12.8 Å². The molecule has 164 valence electrons. The molecule has 4 amide bonds. The molecule has 0 radical (unpaired) electrons. The Kier molecular flexibility index (Phi) is 6.95. The predicted octanol–water partition coefficient (Wildman–Crippen LogP) is 4.22. The number of urea groups is 1. The van der Waals surface area contributed by atoms with Gasteiger partial charge in [-0.05, 0) is 61.2 Å². The Morgan fingerprint density at radius 3 is 2.45 bits per heavy atom. The topological polar surface area (TPSA) is 79.0 Å². The van der Waals surface area contributed by atoms with Gasteiger partial charge in [-0.15, -0.1) is 0 Å². The molecule has 0 aliphatic carbocycles. The molecule has 3 rings (SSSR count). The molecule has 7 heteroatoms. The average Bonchev–Trinajstić information content (AvgIpc) is 2.96. The monoisotopic (exact) mass is 423 g/mol. The molecule has 1 aliphatic rings. The van der Waals surface area contributed by atoms with Gasteiger partial charge in [0, 0.05) is 12.2 Å². The highest BCUT2D eigenvalue weighted by atomic mass is 16.5. The SMILES string of the molecule is COc1ccc(NC(=O)C[C@H]2C(=O)N(c3cccc(C)c3)C(=O)N2CCC(C)C)cc1. The molecule has 1 atom stereocenters. The van der Waals surface area contributed by atoms with E-state index in [2.05, 4.69) is 19.2 Å². The largest absolute Gasteiger partial charge is 0.497 e. The minimum absolute atomic E-state index is 0.100. The van der Waals surface area contributed by atoms with Gasteiger partial charge in [-0.1, -0.05) is 26.0 Å². The molecule has 1 aliphatic heterocycles. The number of carbonyl (C=O) groups is 3. The number of hydrogen-bond acceptors (Lipinski definition) is 4. The number of nitrogens with one attached hydrogen (secondary N) is 1. The predicted molar refractivity (Wildman–Crippen MR) is 120 cm³/mol. The van der Waals surface area contributed by atoms with Crippen molar-refractivity contribution in [1.29, 1.82) is 0 Å². The Bertz CT molecular complexity index is 956. The zero-order valence-corrected chi connectivity index (χ0v) is 18.4. The summed E-state index contributed by atoms with van der Waals surface area (Å²) in [7, 11) is 1.57. The third kappa shape index (κ3) is 5.23. The van der Waals surface area contributed by atoms with E-state index in [1.165, 1.54) is 9.80 Å². The van der Waals surface area contributed by atoms with Crippen molar-refractivity contribution in [3.8, 4) is 5.75 Å². The number of rotatable bonds is 8. The maximum atomic E-state index is 13.2. The molecule has 0 saturated carbocycles. The zero-order chi connectivity index (χ0) is 22.5. The van der Waals surface area contributed by atoms with Crippen molar-refractivity contribution in [2.24, 2.45) is 5.92 Å². The Balaban J connectivity index is 1.79. The van der Waals surface area contributed by atoms with E-state index in [-0.39, 0.29) is 24.3 Å². The van der Waals surface area contributed by atoms with Gasteiger partial charge in [-0.25, -0.2) is 9.69 Å². The van der Waals surface area contributed by atoms with Crippen LogP contribution < -0.4 is 15.0 Å². The lowest BCUT2D eigenvalue weighted by atomic mass is 10.1. The minimum Gasteiger partial charge on any atom is -0.497 e. The molecule has 2 aromatic rings. The Labute approximate surface area is 183 Å². The third-order valence-electron chi connectivity index (χ3n) is 5.28. The number of carbonyl (C=O) groups excluding carboxylic acids is 3. The highest BCUT2D eigenvalue weighted by molar-refractivity contribution is 6.22. The van der Waals surface area contributed by atoms with Gasteiger partial charge in [-0.3, -0.25) is 9.59 Å². The fourth-order valence-corrected chi connectivity index (χ4v) is 3.55. The summed E-state index contributed by atoms with van der Waals surface area (Å²) in [6.45, 7) is 6.45. The maximum absolute atomic E-state index is 13.2. The van der Waals surface area contributed by atoms with Crippen molar-refractivity contribution >= 4 is 29.2 Å². The van der Waals surface area contributed by atoms with Crippen LogP contribution >= 0.6 is 0 Å². The summed E-state index contributed by atoms with van der Waals surface area (Å²) in [5.74, 6) is 0.356. The quantitative estimate of drug-likeness (QED) is 0.645. The van der Waals surface area contributed by atoms with Gasteiger partial charge in [0.25, 0.3) is 5.91 Å². The van der Waals surface area contributed by atoms with Crippen molar-refractivity contribution in [2.75, 3.05) is 23.9 Å². The fourth-order valence-electron chi connectivity index (χ4n) is 3.55. The lowest BCUT2D eigenvalue weighted by Gasteiger charge is -2.22. The van der Waals surface area contributed by atoms with Crippen molar-refractivity contribution in [2.45, 2.75) is 39.7 Å². The second-order valence-corrected chi connectivity index (χ2v) is 8.17. The Morgan fingerprint density at radius 1 is 1.13 bits per heavy atom. The van der Waals surface area contributed by atoms with Crippen LogP contribution in [0.1, 0.15) is 32.3 Å². The molecular formula is C24H29N3O4. The van der Waals surface area contributed by atoms with Gasteiger partial charge >= 0.3 is 6.03 Å². The van der Waals surface area contributed by atoms with E-state index in [1.807, 2.05) is 19.1 Å². The molecule has 1 N–H and O–H groups in total. The summed E-state index contributed by atoms with van der Waals surface area (Å²) in [5.41, 5.74) is 2.09. The number of aryl methyl sites for hydroxylation is 1. The number of amides is 4. The van der Waals surface area contributed by atoms with E-state index < -0.39 is 6.04 Å². The number of benzene rings is 2. The fraction of sp³-hybridized carbons (Fsp3) is 0.375. The summed E-state index contributed by atoms with van der Waals surface area (Å²) in [5, 5.41) is 2.80. The number of imide groups is 1. The van der Waals surface area contributed by atoms with Crippen LogP contribution in [-0.2, 0) is 9.59 Å². The smallest absolute Gasteiger partial charge is 0.332 e. The third-order valence-corrected chi connectivity index (χ3v) is 5.28. The molecule has 1 fully saturated rings. The first-order chi connectivity index (χ1) is 14.8. The lowest BCUT2D eigenvalue weighted by molar-refractivity contribution is -0.124.